The first kappa shape index (κ1) is 28.6. The van der Waals surface area contributed by atoms with Gasteiger partial charge in [-0.3, -0.25) is 4.40 Å². The van der Waals surface area contributed by atoms with Gasteiger partial charge in [0.1, 0.15) is 11.0 Å². The first-order chi connectivity index (χ1) is 25.8. The van der Waals surface area contributed by atoms with Crippen LogP contribution in [0.5, 0.6) is 0 Å². The third kappa shape index (κ3) is 4.29. The van der Waals surface area contributed by atoms with Crippen LogP contribution in [0.25, 0.3) is 100 Å². The van der Waals surface area contributed by atoms with Crippen LogP contribution in [0.4, 0.5) is 0 Å². The molecule has 0 radical (unpaired) electrons. The van der Waals surface area contributed by atoms with Gasteiger partial charge in [-0.1, -0.05) is 121 Å². The van der Waals surface area contributed by atoms with E-state index in [4.69, 9.17) is 24.9 Å². The number of hydrogen-bond acceptors (Lipinski definition) is 5. The summed E-state index contributed by atoms with van der Waals surface area (Å²) in [6, 6.07) is 52.4. The summed E-state index contributed by atoms with van der Waals surface area (Å²) in [5.74, 6) is 1.93. The third-order valence-corrected chi connectivity index (χ3v) is 10.0. The van der Waals surface area contributed by atoms with Crippen molar-refractivity contribution in [3.8, 4) is 39.6 Å². The summed E-state index contributed by atoms with van der Waals surface area (Å²) < 4.78 is 4.23. The molecule has 0 saturated heterocycles. The largest absolute Gasteiger partial charge is 0.276 e. The molecule has 0 spiro atoms. The van der Waals surface area contributed by atoms with E-state index in [9.17, 15) is 0 Å². The molecule has 0 N–H and O–H groups in total. The molecule has 52 heavy (non-hydrogen) atoms. The molecule has 0 unspecified atom stereocenters. The molecule has 0 amide bonds. The van der Waals surface area contributed by atoms with Crippen molar-refractivity contribution in [2.45, 2.75) is 0 Å². The summed E-state index contributed by atoms with van der Waals surface area (Å²) in [6.45, 7) is 0. The first-order valence-electron chi connectivity index (χ1n) is 17.3. The van der Waals surface area contributed by atoms with Crippen molar-refractivity contribution >= 4 is 60.4 Å². The van der Waals surface area contributed by atoms with Crippen LogP contribution in [-0.2, 0) is 0 Å². The van der Waals surface area contributed by atoms with Gasteiger partial charge in [0, 0.05) is 28.7 Å². The molecule has 0 aliphatic heterocycles. The number of hydrogen-bond donors (Lipinski definition) is 0. The Morgan fingerprint density at radius 2 is 0.962 bits per heavy atom. The SMILES string of the molecule is c1ccc(-c2ccc(-c3cccc(-c4ncc5c6ccccc6c6cnc(-n7c8ccccc8n8c9ccccc9nc78)nc6c5n4)c3)cc2)cc1. The van der Waals surface area contributed by atoms with Crippen molar-refractivity contribution in [1.29, 1.82) is 0 Å². The average Bonchev–Trinajstić information content (AvgIpc) is 3.76. The molecule has 11 rings (SSSR count). The second kappa shape index (κ2) is 11.1. The van der Waals surface area contributed by atoms with Gasteiger partial charge in [0.2, 0.25) is 11.7 Å². The van der Waals surface area contributed by atoms with Crippen LogP contribution >= 0.6 is 0 Å². The molecule has 0 saturated carbocycles. The first-order valence-corrected chi connectivity index (χ1v) is 17.3. The molecule has 0 aliphatic carbocycles. The number of benzene rings is 7. The van der Waals surface area contributed by atoms with Gasteiger partial charge in [-0.15, -0.1) is 0 Å². The smallest absolute Gasteiger partial charge is 0.237 e. The van der Waals surface area contributed by atoms with E-state index in [0.29, 0.717) is 11.8 Å². The van der Waals surface area contributed by atoms with Gasteiger partial charge in [-0.05, 0) is 63.4 Å². The average molecular weight is 666 g/mol. The van der Waals surface area contributed by atoms with Gasteiger partial charge in [-0.25, -0.2) is 29.5 Å². The lowest BCUT2D eigenvalue weighted by molar-refractivity contribution is 0.985. The molecule has 4 heterocycles. The van der Waals surface area contributed by atoms with E-state index < -0.39 is 0 Å². The van der Waals surface area contributed by atoms with Crippen LogP contribution in [-0.4, -0.2) is 33.9 Å². The highest BCUT2D eigenvalue weighted by Crippen LogP contribution is 2.36. The highest BCUT2D eigenvalue weighted by Gasteiger charge is 2.20. The van der Waals surface area contributed by atoms with Gasteiger partial charge in [0.15, 0.2) is 5.82 Å². The summed E-state index contributed by atoms with van der Waals surface area (Å²) in [4.78, 5) is 25.5. The minimum atomic E-state index is 0.534. The molecule has 0 fully saturated rings. The molecule has 7 aromatic carbocycles. The predicted octanol–water partition coefficient (Wildman–Crippen LogP) is 10.5. The molecule has 0 atom stereocenters. The molecule has 242 valence electrons. The quantitative estimate of drug-likeness (QED) is 0.175. The molecule has 7 heteroatoms. The highest BCUT2D eigenvalue weighted by molar-refractivity contribution is 6.23. The van der Waals surface area contributed by atoms with Gasteiger partial charge in [-0.2, -0.15) is 0 Å². The maximum atomic E-state index is 5.31. The Kier molecular flexibility index (Phi) is 6.12. The van der Waals surface area contributed by atoms with Gasteiger partial charge < -0.3 is 0 Å². The number of rotatable bonds is 4. The fourth-order valence-corrected chi connectivity index (χ4v) is 7.58. The number of para-hydroxylation sites is 4. The second-order valence-corrected chi connectivity index (χ2v) is 13.0. The zero-order chi connectivity index (χ0) is 34.2. The van der Waals surface area contributed by atoms with Crippen molar-refractivity contribution in [3.63, 3.8) is 0 Å². The van der Waals surface area contributed by atoms with Crippen LogP contribution in [0.3, 0.4) is 0 Å². The monoisotopic (exact) mass is 665 g/mol. The lowest BCUT2D eigenvalue weighted by atomic mass is 9.99. The Labute approximate surface area is 297 Å². The summed E-state index contributed by atoms with van der Waals surface area (Å²) in [7, 11) is 0. The van der Waals surface area contributed by atoms with E-state index in [2.05, 4.69) is 120 Å². The maximum absolute atomic E-state index is 5.31. The minimum Gasteiger partial charge on any atom is -0.276 e. The van der Waals surface area contributed by atoms with Crippen molar-refractivity contribution < 1.29 is 0 Å². The zero-order valence-electron chi connectivity index (χ0n) is 27.7. The fraction of sp³-hybridized carbons (Fsp3) is 0. The Balaban J connectivity index is 1.10. The Morgan fingerprint density at radius 1 is 0.385 bits per heavy atom. The number of aromatic nitrogens is 7. The number of fused-ring (bicyclic) bond motifs is 11. The Morgan fingerprint density at radius 3 is 1.75 bits per heavy atom. The standard InChI is InChI=1S/C45H27N7/c1-2-11-28(12-3-1)29-21-23-30(24-22-29)31-13-10-14-32(25-31)43-46-26-35-33-15-4-5-16-34(33)36-27-47-44(50-42(36)41(35)49-43)52-40-20-9-8-19-39(40)51-38-18-7-6-17-37(38)48-45(51)52/h1-27H. The number of nitrogens with zero attached hydrogens (tertiary/aromatic N) is 7. The molecule has 0 bridgehead atoms. The molecular weight excluding hydrogens is 639 g/mol. The van der Waals surface area contributed by atoms with Crippen LogP contribution < -0.4 is 0 Å². The minimum absolute atomic E-state index is 0.534. The van der Waals surface area contributed by atoms with Crippen LogP contribution in [0.15, 0.2) is 164 Å². The zero-order valence-corrected chi connectivity index (χ0v) is 27.7. The van der Waals surface area contributed by atoms with Crippen LogP contribution in [0.2, 0.25) is 0 Å². The summed E-state index contributed by atoms with van der Waals surface area (Å²) in [6.07, 6.45) is 3.86. The van der Waals surface area contributed by atoms with Gasteiger partial charge in [0.05, 0.1) is 22.1 Å². The van der Waals surface area contributed by atoms with E-state index >= 15 is 0 Å². The van der Waals surface area contributed by atoms with E-state index in [1.807, 2.05) is 53.4 Å². The topological polar surface area (TPSA) is 73.8 Å². The number of imidazole rings is 2. The van der Waals surface area contributed by atoms with Gasteiger partial charge in [0.25, 0.3) is 0 Å². The van der Waals surface area contributed by atoms with E-state index in [0.717, 1.165) is 77.1 Å². The van der Waals surface area contributed by atoms with Gasteiger partial charge >= 0.3 is 0 Å². The summed E-state index contributed by atoms with van der Waals surface area (Å²) in [5, 5.41) is 4.00. The second-order valence-electron chi connectivity index (χ2n) is 13.0. The lowest BCUT2D eigenvalue weighted by Crippen LogP contribution is -2.03. The fourth-order valence-electron chi connectivity index (χ4n) is 7.58. The molecular formula is C45H27N7. The molecule has 0 aliphatic rings. The van der Waals surface area contributed by atoms with Crippen molar-refractivity contribution in [2.24, 2.45) is 0 Å². The van der Waals surface area contributed by atoms with E-state index in [-0.39, 0.29) is 0 Å². The predicted molar refractivity (Wildman–Crippen MR) is 210 cm³/mol. The van der Waals surface area contributed by atoms with E-state index in [1.54, 1.807) is 0 Å². The van der Waals surface area contributed by atoms with Crippen molar-refractivity contribution in [2.75, 3.05) is 0 Å². The lowest BCUT2D eigenvalue weighted by Gasteiger charge is -2.12. The highest BCUT2D eigenvalue weighted by atomic mass is 15.3. The maximum Gasteiger partial charge on any atom is 0.237 e. The summed E-state index contributed by atoms with van der Waals surface area (Å²) >= 11 is 0. The van der Waals surface area contributed by atoms with E-state index in [1.165, 1.54) is 11.1 Å². The Hall–Kier alpha value is -7.25. The summed E-state index contributed by atoms with van der Waals surface area (Å²) in [5.41, 5.74) is 11.1. The van der Waals surface area contributed by atoms with Crippen LogP contribution in [0, 0.1) is 0 Å². The molecule has 7 nitrogen and oxygen atoms in total. The molecule has 4 aromatic heterocycles. The molecule has 11 aromatic rings. The van der Waals surface area contributed by atoms with Crippen molar-refractivity contribution in [3.05, 3.63) is 164 Å². The Bertz CT molecular complexity index is 3180. The normalized spacial score (nSPS) is 11.8. The van der Waals surface area contributed by atoms with Crippen molar-refractivity contribution in [1.82, 2.24) is 33.9 Å². The third-order valence-electron chi connectivity index (χ3n) is 10.0. The van der Waals surface area contributed by atoms with Crippen LogP contribution in [0.1, 0.15) is 0 Å².